The van der Waals surface area contributed by atoms with Gasteiger partial charge in [-0.25, -0.2) is 0 Å². The fourth-order valence-corrected chi connectivity index (χ4v) is 2.00. The summed E-state index contributed by atoms with van der Waals surface area (Å²) in [5.41, 5.74) is 5.83. The van der Waals surface area contributed by atoms with Crippen molar-refractivity contribution >= 4 is 0 Å². The van der Waals surface area contributed by atoms with Gasteiger partial charge in [0.15, 0.2) is 5.82 Å². The summed E-state index contributed by atoms with van der Waals surface area (Å²) in [5, 5.41) is 12.6. The summed E-state index contributed by atoms with van der Waals surface area (Å²) >= 11 is 0. The van der Waals surface area contributed by atoms with Crippen LogP contribution in [0.2, 0.25) is 0 Å². The number of rotatable bonds is 3. The highest BCUT2D eigenvalue weighted by molar-refractivity contribution is 4.96. The normalized spacial score (nSPS) is 26.8. The van der Waals surface area contributed by atoms with Crippen LogP contribution in [0.4, 0.5) is 0 Å². The highest BCUT2D eigenvalue weighted by atomic mass is 16.5. The first-order valence-electron chi connectivity index (χ1n) is 5.48. The molecule has 0 amide bonds. The van der Waals surface area contributed by atoms with E-state index >= 15 is 0 Å². The zero-order valence-corrected chi connectivity index (χ0v) is 8.72. The molecule has 5 nitrogen and oxygen atoms in total. The highest BCUT2D eigenvalue weighted by Gasteiger charge is 2.24. The summed E-state index contributed by atoms with van der Waals surface area (Å²) in [7, 11) is 0. The third-order valence-corrected chi connectivity index (χ3v) is 2.94. The molecule has 0 radical (unpaired) electrons. The molecular weight excluding hydrogens is 194 g/mol. The maximum absolute atomic E-state index is 8.74. The predicted molar refractivity (Wildman–Crippen MR) is 54.3 cm³/mol. The summed E-state index contributed by atoms with van der Waals surface area (Å²) in [6, 6.07) is 0.334. The molecule has 0 aromatic carbocycles. The number of aromatic nitrogens is 2. The maximum atomic E-state index is 8.74. The summed E-state index contributed by atoms with van der Waals surface area (Å²) in [5.74, 6) is 1.68. The van der Waals surface area contributed by atoms with Crippen LogP contribution >= 0.6 is 0 Å². The summed E-state index contributed by atoms with van der Waals surface area (Å²) in [6.07, 6.45) is 4.59. The largest absolute Gasteiger partial charge is 0.396 e. The molecule has 0 atom stereocenters. The number of aliphatic hydroxyl groups is 1. The predicted octanol–water partition coefficient (Wildman–Crippen LogP) is 0.589. The average molecular weight is 211 g/mol. The van der Waals surface area contributed by atoms with E-state index in [-0.39, 0.29) is 6.61 Å². The van der Waals surface area contributed by atoms with Crippen molar-refractivity contribution in [2.75, 3.05) is 6.61 Å². The lowest BCUT2D eigenvalue weighted by molar-refractivity contribution is 0.287. The third-order valence-electron chi connectivity index (χ3n) is 2.94. The van der Waals surface area contributed by atoms with E-state index < -0.39 is 0 Å². The molecule has 0 saturated heterocycles. The van der Waals surface area contributed by atoms with E-state index in [4.69, 9.17) is 15.4 Å². The van der Waals surface area contributed by atoms with Crippen molar-refractivity contribution in [1.82, 2.24) is 10.1 Å². The number of aliphatic hydroxyl groups excluding tert-OH is 1. The van der Waals surface area contributed by atoms with Gasteiger partial charge in [0.2, 0.25) is 5.89 Å². The average Bonchev–Trinajstić information content (AvgIpc) is 2.68. The lowest BCUT2D eigenvalue weighted by atomic mass is 9.86. The Hall–Kier alpha value is -0.940. The molecule has 15 heavy (non-hydrogen) atoms. The van der Waals surface area contributed by atoms with E-state index in [1.165, 1.54) is 0 Å². The van der Waals surface area contributed by atoms with Crippen LogP contribution in [0, 0.1) is 0 Å². The number of hydrogen-bond donors (Lipinski definition) is 2. The van der Waals surface area contributed by atoms with Gasteiger partial charge in [0.05, 0.1) is 6.61 Å². The molecule has 3 N–H and O–H groups in total. The molecule has 1 heterocycles. The Bertz CT molecular complexity index is 305. The number of hydrogen-bond acceptors (Lipinski definition) is 5. The van der Waals surface area contributed by atoms with Gasteiger partial charge in [-0.1, -0.05) is 5.16 Å². The van der Waals surface area contributed by atoms with E-state index in [0.29, 0.717) is 30.1 Å². The first-order chi connectivity index (χ1) is 7.29. The Morgan fingerprint density at radius 3 is 2.73 bits per heavy atom. The molecule has 1 aliphatic carbocycles. The third kappa shape index (κ3) is 2.54. The maximum Gasteiger partial charge on any atom is 0.229 e. The lowest BCUT2D eigenvalue weighted by Crippen LogP contribution is -2.25. The van der Waals surface area contributed by atoms with Crippen molar-refractivity contribution in [1.29, 1.82) is 0 Å². The smallest absolute Gasteiger partial charge is 0.229 e. The van der Waals surface area contributed by atoms with E-state index in [9.17, 15) is 0 Å². The first-order valence-corrected chi connectivity index (χ1v) is 5.48. The van der Waals surface area contributed by atoms with Crippen molar-refractivity contribution < 1.29 is 9.63 Å². The van der Waals surface area contributed by atoms with Gasteiger partial charge in [-0.3, -0.25) is 0 Å². The second-order valence-electron chi connectivity index (χ2n) is 4.13. The highest BCUT2D eigenvalue weighted by Crippen LogP contribution is 2.30. The van der Waals surface area contributed by atoms with Crippen molar-refractivity contribution in [2.24, 2.45) is 5.73 Å². The second-order valence-corrected chi connectivity index (χ2v) is 4.13. The van der Waals surface area contributed by atoms with Crippen molar-refractivity contribution in [3.63, 3.8) is 0 Å². The minimum Gasteiger partial charge on any atom is -0.396 e. The molecule has 1 saturated carbocycles. The molecule has 1 aliphatic rings. The van der Waals surface area contributed by atoms with E-state index in [1.807, 2.05) is 0 Å². The fraction of sp³-hybridized carbons (Fsp3) is 0.800. The Kier molecular flexibility index (Phi) is 3.33. The molecule has 1 fully saturated rings. The summed E-state index contributed by atoms with van der Waals surface area (Å²) in [4.78, 5) is 4.27. The van der Waals surface area contributed by atoms with Crippen LogP contribution < -0.4 is 5.73 Å². The zero-order chi connectivity index (χ0) is 10.7. The molecule has 2 rings (SSSR count). The zero-order valence-electron chi connectivity index (χ0n) is 8.72. The van der Waals surface area contributed by atoms with Crippen molar-refractivity contribution in [3.05, 3.63) is 11.7 Å². The molecule has 0 aliphatic heterocycles. The molecule has 0 spiro atoms. The van der Waals surface area contributed by atoms with Crippen molar-refractivity contribution in [3.8, 4) is 0 Å². The quantitative estimate of drug-likeness (QED) is 0.764. The number of nitrogens with two attached hydrogens (primary N) is 1. The Morgan fingerprint density at radius 2 is 2.07 bits per heavy atom. The molecule has 0 unspecified atom stereocenters. The standard InChI is InChI=1S/C10H17N3O2/c11-8-3-1-7(2-4-8)10-12-9(5-6-14)13-15-10/h7-8,14H,1-6,11H2. The van der Waals surface area contributed by atoms with Crippen LogP contribution in [0.25, 0.3) is 0 Å². The second kappa shape index (κ2) is 4.72. The minimum atomic E-state index is 0.0640. The Morgan fingerprint density at radius 1 is 1.33 bits per heavy atom. The fourth-order valence-electron chi connectivity index (χ4n) is 2.00. The van der Waals surface area contributed by atoms with E-state index in [2.05, 4.69) is 10.1 Å². The van der Waals surface area contributed by atoms with E-state index in [0.717, 1.165) is 25.7 Å². The SMILES string of the molecule is NC1CCC(c2nc(CCO)no2)CC1. The number of nitrogens with zero attached hydrogens (tertiary/aromatic N) is 2. The molecule has 5 heteroatoms. The first kappa shape index (κ1) is 10.6. The van der Waals surface area contributed by atoms with Gasteiger partial charge in [-0.2, -0.15) is 4.98 Å². The van der Waals surface area contributed by atoms with Crippen LogP contribution in [0.15, 0.2) is 4.52 Å². The van der Waals surface area contributed by atoms with Gasteiger partial charge in [0, 0.05) is 18.4 Å². The van der Waals surface area contributed by atoms with Gasteiger partial charge in [0.1, 0.15) is 0 Å². The Balaban J connectivity index is 1.96. The van der Waals surface area contributed by atoms with Gasteiger partial charge in [-0.15, -0.1) is 0 Å². The van der Waals surface area contributed by atoms with Crippen LogP contribution in [0.3, 0.4) is 0 Å². The van der Waals surface area contributed by atoms with Crippen LogP contribution in [0.5, 0.6) is 0 Å². The molecule has 84 valence electrons. The topological polar surface area (TPSA) is 85.2 Å². The van der Waals surface area contributed by atoms with E-state index in [1.54, 1.807) is 0 Å². The molecule has 1 aromatic heterocycles. The van der Waals surface area contributed by atoms with Crippen LogP contribution in [0.1, 0.15) is 43.3 Å². The summed E-state index contributed by atoms with van der Waals surface area (Å²) in [6.45, 7) is 0.0640. The lowest BCUT2D eigenvalue weighted by Gasteiger charge is -2.22. The van der Waals surface area contributed by atoms with Crippen molar-refractivity contribution in [2.45, 2.75) is 44.1 Å². The Labute approximate surface area is 88.7 Å². The summed E-state index contributed by atoms with van der Waals surface area (Å²) < 4.78 is 5.18. The molecule has 0 bridgehead atoms. The molecular formula is C10H17N3O2. The van der Waals surface area contributed by atoms with Crippen LogP contribution in [-0.2, 0) is 6.42 Å². The van der Waals surface area contributed by atoms with Gasteiger partial charge < -0.3 is 15.4 Å². The monoisotopic (exact) mass is 211 g/mol. The molecule has 1 aromatic rings. The van der Waals surface area contributed by atoms with Gasteiger partial charge in [0.25, 0.3) is 0 Å². The van der Waals surface area contributed by atoms with Gasteiger partial charge in [-0.05, 0) is 25.7 Å². The van der Waals surface area contributed by atoms with Crippen LogP contribution in [-0.4, -0.2) is 27.9 Å². The van der Waals surface area contributed by atoms with Gasteiger partial charge >= 0.3 is 0 Å². The minimum absolute atomic E-state index is 0.0640.